The van der Waals surface area contributed by atoms with Crippen LogP contribution < -0.4 is 10.1 Å². The summed E-state index contributed by atoms with van der Waals surface area (Å²) in [6.45, 7) is 1.93. The Morgan fingerprint density at radius 1 is 1.45 bits per heavy atom. The van der Waals surface area contributed by atoms with E-state index in [1.54, 1.807) is 11.0 Å². The maximum absolute atomic E-state index is 12.2. The number of carbonyl (C=O) groups excluding carboxylic acids is 1. The van der Waals surface area contributed by atoms with E-state index in [1.807, 2.05) is 25.2 Å². The number of rotatable bonds is 5. The number of para-hydroxylation sites is 1. The summed E-state index contributed by atoms with van der Waals surface area (Å²) in [5, 5.41) is 3.86. The van der Waals surface area contributed by atoms with Gasteiger partial charge >= 0.3 is 0 Å². The Morgan fingerprint density at radius 2 is 2.25 bits per heavy atom. The van der Waals surface area contributed by atoms with E-state index in [0.29, 0.717) is 23.9 Å². The Balaban J connectivity index is 1.75. The van der Waals surface area contributed by atoms with Crippen molar-refractivity contribution in [2.24, 2.45) is 0 Å². The van der Waals surface area contributed by atoms with Crippen LogP contribution in [0.15, 0.2) is 24.3 Å². The van der Waals surface area contributed by atoms with Gasteiger partial charge in [-0.25, -0.2) is 0 Å². The van der Waals surface area contributed by atoms with E-state index in [2.05, 4.69) is 5.32 Å². The average molecular weight is 297 g/mol. The van der Waals surface area contributed by atoms with Crippen molar-refractivity contribution in [3.8, 4) is 5.75 Å². The second-order valence-electron chi connectivity index (χ2n) is 5.04. The summed E-state index contributed by atoms with van der Waals surface area (Å²) in [5.41, 5.74) is 0. The molecule has 110 valence electrons. The predicted molar refractivity (Wildman–Crippen MR) is 80.2 cm³/mol. The molecule has 1 atom stereocenters. The highest BCUT2D eigenvalue weighted by Crippen LogP contribution is 2.22. The van der Waals surface area contributed by atoms with Crippen LogP contribution >= 0.6 is 11.6 Å². The summed E-state index contributed by atoms with van der Waals surface area (Å²) in [6, 6.07) is 7.32. The third-order valence-electron chi connectivity index (χ3n) is 3.51. The lowest BCUT2D eigenvalue weighted by molar-refractivity contribution is -0.133. The quantitative estimate of drug-likeness (QED) is 0.907. The molecule has 0 bridgehead atoms. The molecule has 1 unspecified atom stereocenters. The number of carbonyl (C=O) groups is 1. The van der Waals surface area contributed by atoms with Crippen molar-refractivity contribution < 1.29 is 9.53 Å². The number of ether oxygens (including phenoxy) is 1. The highest BCUT2D eigenvalue weighted by molar-refractivity contribution is 6.32. The Morgan fingerprint density at radius 3 is 2.95 bits per heavy atom. The summed E-state index contributed by atoms with van der Waals surface area (Å²) in [6.07, 6.45) is 3.20. The van der Waals surface area contributed by atoms with Gasteiger partial charge in [-0.05, 0) is 31.5 Å². The third-order valence-corrected chi connectivity index (χ3v) is 3.82. The topological polar surface area (TPSA) is 41.6 Å². The smallest absolute Gasteiger partial charge is 0.239 e. The zero-order chi connectivity index (χ0) is 14.4. The van der Waals surface area contributed by atoms with Gasteiger partial charge in [0.2, 0.25) is 5.91 Å². The number of piperidine rings is 1. The molecule has 1 heterocycles. The van der Waals surface area contributed by atoms with Gasteiger partial charge in [0.15, 0.2) is 0 Å². The summed E-state index contributed by atoms with van der Waals surface area (Å²) in [7, 11) is 1.81. The minimum absolute atomic E-state index is 0.0333. The highest BCUT2D eigenvalue weighted by atomic mass is 35.5. The van der Waals surface area contributed by atoms with Gasteiger partial charge in [-0.1, -0.05) is 30.2 Å². The first kappa shape index (κ1) is 15.1. The Bertz CT molecular complexity index is 447. The third kappa shape index (κ3) is 4.12. The van der Waals surface area contributed by atoms with Crippen molar-refractivity contribution in [3.05, 3.63) is 29.3 Å². The molecule has 0 saturated carbocycles. The first-order chi connectivity index (χ1) is 9.68. The van der Waals surface area contributed by atoms with Crippen molar-refractivity contribution in [1.29, 1.82) is 0 Å². The van der Waals surface area contributed by atoms with Crippen LogP contribution in [0.2, 0.25) is 5.02 Å². The fraction of sp³-hybridized carbons (Fsp3) is 0.533. The standard InChI is InChI=1S/C15H21ClN2O2/c1-18(15(19)13-7-4-5-9-17-13)10-11-20-14-8-3-2-6-12(14)16/h2-3,6,8,13,17H,4-5,7,9-11H2,1H3. The van der Waals surface area contributed by atoms with Gasteiger partial charge in [-0.2, -0.15) is 0 Å². The predicted octanol–water partition coefficient (Wildman–Crippen LogP) is 2.32. The monoisotopic (exact) mass is 296 g/mol. The zero-order valence-electron chi connectivity index (χ0n) is 11.8. The van der Waals surface area contributed by atoms with Crippen LogP contribution in [0.25, 0.3) is 0 Å². The van der Waals surface area contributed by atoms with Crippen LogP contribution in [0.3, 0.4) is 0 Å². The van der Waals surface area contributed by atoms with E-state index in [9.17, 15) is 4.79 Å². The summed E-state index contributed by atoms with van der Waals surface area (Å²) < 4.78 is 5.60. The van der Waals surface area contributed by atoms with Gasteiger partial charge in [0.1, 0.15) is 12.4 Å². The maximum atomic E-state index is 12.2. The summed E-state index contributed by atoms with van der Waals surface area (Å²) in [4.78, 5) is 13.9. The Hall–Kier alpha value is -1.26. The zero-order valence-corrected chi connectivity index (χ0v) is 12.5. The number of amides is 1. The SMILES string of the molecule is CN(CCOc1ccccc1Cl)C(=O)C1CCCCN1. The number of nitrogens with one attached hydrogen (secondary N) is 1. The number of likely N-dealkylation sites (N-methyl/N-ethyl adjacent to an activating group) is 1. The van der Waals surface area contributed by atoms with Crippen LogP contribution in [-0.2, 0) is 4.79 Å². The molecule has 0 radical (unpaired) electrons. The van der Waals surface area contributed by atoms with Gasteiger partial charge in [0, 0.05) is 7.05 Å². The number of nitrogens with zero attached hydrogens (tertiary/aromatic N) is 1. The number of halogens is 1. The van der Waals surface area contributed by atoms with E-state index in [-0.39, 0.29) is 11.9 Å². The van der Waals surface area contributed by atoms with Gasteiger partial charge in [-0.15, -0.1) is 0 Å². The molecular weight excluding hydrogens is 276 g/mol. The van der Waals surface area contributed by atoms with Gasteiger partial charge in [0.25, 0.3) is 0 Å². The molecule has 2 rings (SSSR count). The van der Waals surface area contributed by atoms with Crippen LogP contribution in [0.5, 0.6) is 5.75 Å². The largest absolute Gasteiger partial charge is 0.490 e. The van der Waals surface area contributed by atoms with E-state index in [4.69, 9.17) is 16.3 Å². The maximum Gasteiger partial charge on any atom is 0.239 e. The van der Waals surface area contributed by atoms with Crippen LogP contribution in [0.4, 0.5) is 0 Å². The van der Waals surface area contributed by atoms with Crippen molar-refractivity contribution in [2.45, 2.75) is 25.3 Å². The normalized spacial score (nSPS) is 18.6. The van der Waals surface area contributed by atoms with Gasteiger partial charge < -0.3 is 15.0 Å². The average Bonchev–Trinajstić information content (AvgIpc) is 2.49. The Kier molecular flexibility index (Phi) is 5.68. The molecular formula is C15H21ClN2O2. The van der Waals surface area contributed by atoms with Crippen molar-refractivity contribution >= 4 is 17.5 Å². The second kappa shape index (κ2) is 7.50. The molecule has 20 heavy (non-hydrogen) atoms. The van der Waals surface area contributed by atoms with E-state index in [0.717, 1.165) is 25.8 Å². The lowest BCUT2D eigenvalue weighted by atomic mass is 10.0. The lowest BCUT2D eigenvalue weighted by Crippen LogP contribution is -2.48. The molecule has 1 aliphatic heterocycles. The minimum Gasteiger partial charge on any atom is -0.490 e. The number of hydrogen-bond donors (Lipinski definition) is 1. The molecule has 0 aliphatic carbocycles. The summed E-state index contributed by atoms with van der Waals surface area (Å²) in [5.74, 6) is 0.804. The molecule has 1 saturated heterocycles. The van der Waals surface area contributed by atoms with Crippen molar-refractivity contribution in [1.82, 2.24) is 10.2 Å². The van der Waals surface area contributed by atoms with E-state index >= 15 is 0 Å². The molecule has 1 aromatic carbocycles. The fourth-order valence-corrected chi connectivity index (χ4v) is 2.48. The van der Waals surface area contributed by atoms with Crippen LogP contribution in [0.1, 0.15) is 19.3 Å². The van der Waals surface area contributed by atoms with Gasteiger partial charge in [-0.3, -0.25) is 4.79 Å². The van der Waals surface area contributed by atoms with Crippen LogP contribution in [0, 0.1) is 0 Å². The highest BCUT2D eigenvalue weighted by Gasteiger charge is 2.23. The second-order valence-corrected chi connectivity index (χ2v) is 5.45. The molecule has 4 nitrogen and oxygen atoms in total. The molecule has 1 amide bonds. The summed E-state index contributed by atoms with van der Waals surface area (Å²) >= 11 is 6.01. The minimum atomic E-state index is -0.0333. The van der Waals surface area contributed by atoms with Crippen molar-refractivity contribution in [3.63, 3.8) is 0 Å². The first-order valence-corrected chi connectivity index (χ1v) is 7.42. The molecule has 1 fully saturated rings. The fourth-order valence-electron chi connectivity index (χ4n) is 2.29. The van der Waals surface area contributed by atoms with Crippen LogP contribution in [-0.4, -0.2) is 43.6 Å². The molecule has 5 heteroatoms. The molecule has 1 aromatic rings. The molecule has 0 spiro atoms. The van der Waals surface area contributed by atoms with Gasteiger partial charge in [0.05, 0.1) is 17.6 Å². The van der Waals surface area contributed by atoms with E-state index in [1.165, 1.54) is 0 Å². The number of hydrogen-bond acceptors (Lipinski definition) is 3. The van der Waals surface area contributed by atoms with E-state index < -0.39 is 0 Å². The molecule has 0 aromatic heterocycles. The lowest BCUT2D eigenvalue weighted by Gasteiger charge is -2.27. The Labute approximate surface area is 125 Å². The number of benzene rings is 1. The first-order valence-electron chi connectivity index (χ1n) is 7.04. The molecule has 1 N–H and O–H groups in total. The van der Waals surface area contributed by atoms with Crippen molar-refractivity contribution in [2.75, 3.05) is 26.7 Å². The molecule has 1 aliphatic rings.